The van der Waals surface area contributed by atoms with Gasteiger partial charge in [0.2, 0.25) is 6.20 Å². The van der Waals surface area contributed by atoms with Crippen LogP contribution in [0.5, 0.6) is 0 Å². The van der Waals surface area contributed by atoms with Crippen LogP contribution >= 0.6 is 0 Å². The minimum Gasteiger partial charge on any atom is -0.342 e. The molecular formula is C17H14N2O2. The summed E-state index contributed by atoms with van der Waals surface area (Å²) in [5.41, 5.74) is 3.13. The molecule has 4 nitrogen and oxygen atoms in total. The van der Waals surface area contributed by atoms with Gasteiger partial charge in [-0.15, -0.1) is 0 Å². The lowest BCUT2D eigenvalue weighted by molar-refractivity contribution is -0.400. The summed E-state index contributed by atoms with van der Waals surface area (Å²) in [6, 6.07) is 18.1. The first-order chi connectivity index (χ1) is 10.2. The zero-order chi connectivity index (χ0) is 14.7. The van der Waals surface area contributed by atoms with E-state index in [2.05, 4.69) is 16.7 Å². The first kappa shape index (κ1) is 13.1. The van der Waals surface area contributed by atoms with E-state index < -0.39 is 4.92 Å². The van der Waals surface area contributed by atoms with Gasteiger partial charge < -0.3 is 4.57 Å². The van der Waals surface area contributed by atoms with Crippen molar-refractivity contribution in [1.29, 1.82) is 0 Å². The lowest BCUT2D eigenvalue weighted by Gasteiger charge is -2.05. The van der Waals surface area contributed by atoms with Crippen LogP contribution in [-0.2, 0) is 6.54 Å². The fourth-order valence-electron chi connectivity index (χ4n) is 2.46. The van der Waals surface area contributed by atoms with E-state index in [-0.39, 0.29) is 0 Å². The Morgan fingerprint density at radius 3 is 2.52 bits per heavy atom. The van der Waals surface area contributed by atoms with Crippen molar-refractivity contribution in [1.82, 2.24) is 4.57 Å². The number of nitro groups is 1. The Kier molecular flexibility index (Phi) is 3.51. The molecule has 0 aliphatic heterocycles. The maximum absolute atomic E-state index is 10.5. The topological polar surface area (TPSA) is 48.1 Å². The van der Waals surface area contributed by atoms with E-state index in [9.17, 15) is 10.1 Å². The van der Waals surface area contributed by atoms with Gasteiger partial charge in [0, 0.05) is 35.3 Å². The highest BCUT2D eigenvalue weighted by atomic mass is 16.6. The second-order valence-electron chi connectivity index (χ2n) is 4.82. The number of para-hydroxylation sites is 1. The summed E-state index contributed by atoms with van der Waals surface area (Å²) in [4.78, 5) is 10.1. The molecule has 4 heteroatoms. The van der Waals surface area contributed by atoms with Gasteiger partial charge in [-0.1, -0.05) is 48.5 Å². The van der Waals surface area contributed by atoms with Crippen molar-refractivity contribution in [3.63, 3.8) is 0 Å². The number of hydrogen-bond acceptors (Lipinski definition) is 2. The SMILES string of the molecule is O=[N+]([O-])C=Cc1cn(Cc2ccccc2)c2ccccc12. The van der Waals surface area contributed by atoms with E-state index in [0.29, 0.717) is 0 Å². The molecular weight excluding hydrogens is 264 g/mol. The smallest absolute Gasteiger partial charge is 0.235 e. The summed E-state index contributed by atoms with van der Waals surface area (Å²) < 4.78 is 2.12. The average molecular weight is 278 g/mol. The highest BCUT2D eigenvalue weighted by Crippen LogP contribution is 2.23. The van der Waals surface area contributed by atoms with Crippen LogP contribution < -0.4 is 0 Å². The Labute approximate surface area is 122 Å². The molecule has 2 aromatic carbocycles. The molecule has 0 saturated heterocycles. The first-order valence-electron chi connectivity index (χ1n) is 6.67. The quantitative estimate of drug-likeness (QED) is 0.536. The summed E-state index contributed by atoms with van der Waals surface area (Å²) in [5.74, 6) is 0. The van der Waals surface area contributed by atoms with Crippen molar-refractivity contribution in [3.05, 3.63) is 88.2 Å². The predicted molar refractivity (Wildman–Crippen MR) is 83.5 cm³/mol. The van der Waals surface area contributed by atoms with Crippen molar-refractivity contribution < 1.29 is 4.92 Å². The van der Waals surface area contributed by atoms with Crippen molar-refractivity contribution in [2.75, 3.05) is 0 Å². The number of fused-ring (bicyclic) bond motifs is 1. The highest BCUT2D eigenvalue weighted by Gasteiger charge is 2.07. The minimum atomic E-state index is -0.441. The second-order valence-corrected chi connectivity index (χ2v) is 4.82. The van der Waals surface area contributed by atoms with Gasteiger partial charge in [0.05, 0.1) is 4.92 Å². The van der Waals surface area contributed by atoms with E-state index in [4.69, 9.17) is 0 Å². The minimum absolute atomic E-state index is 0.441. The van der Waals surface area contributed by atoms with E-state index >= 15 is 0 Å². The molecule has 3 rings (SSSR count). The zero-order valence-corrected chi connectivity index (χ0v) is 11.3. The maximum Gasteiger partial charge on any atom is 0.235 e. The highest BCUT2D eigenvalue weighted by molar-refractivity contribution is 5.89. The third-order valence-corrected chi connectivity index (χ3v) is 3.39. The lowest BCUT2D eigenvalue weighted by Crippen LogP contribution is -1.97. The van der Waals surface area contributed by atoms with Crippen LogP contribution in [0, 0.1) is 10.1 Å². The molecule has 0 N–H and O–H groups in total. The average Bonchev–Trinajstić information content (AvgIpc) is 2.85. The molecule has 0 aliphatic carbocycles. The van der Waals surface area contributed by atoms with E-state index in [1.54, 1.807) is 6.08 Å². The molecule has 0 aliphatic rings. The van der Waals surface area contributed by atoms with Gasteiger partial charge in [0.25, 0.3) is 0 Å². The van der Waals surface area contributed by atoms with Crippen molar-refractivity contribution >= 4 is 17.0 Å². The molecule has 0 atom stereocenters. The molecule has 21 heavy (non-hydrogen) atoms. The van der Waals surface area contributed by atoms with Crippen molar-refractivity contribution in [2.24, 2.45) is 0 Å². The molecule has 0 spiro atoms. The van der Waals surface area contributed by atoms with Crippen molar-refractivity contribution in [3.8, 4) is 0 Å². The van der Waals surface area contributed by atoms with E-state index in [0.717, 1.165) is 29.2 Å². The van der Waals surface area contributed by atoms with Crippen LogP contribution in [-0.4, -0.2) is 9.49 Å². The molecule has 0 saturated carbocycles. The summed E-state index contributed by atoms with van der Waals surface area (Å²) in [5, 5.41) is 11.5. The number of aromatic nitrogens is 1. The van der Waals surface area contributed by atoms with Gasteiger partial charge in [-0.05, 0) is 11.6 Å². The fraction of sp³-hybridized carbons (Fsp3) is 0.0588. The number of benzene rings is 2. The molecule has 104 valence electrons. The standard InChI is InChI=1S/C17H14N2O2/c20-19(21)11-10-15-13-18(12-14-6-2-1-3-7-14)17-9-5-4-8-16(15)17/h1-11,13H,12H2. The van der Waals surface area contributed by atoms with Crippen LogP contribution in [0.25, 0.3) is 17.0 Å². The fourth-order valence-corrected chi connectivity index (χ4v) is 2.46. The van der Waals surface area contributed by atoms with Gasteiger partial charge in [-0.3, -0.25) is 10.1 Å². The Balaban J connectivity index is 2.05. The third-order valence-electron chi connectivity index (χ3n) is 3.39. The molecule has 1 aromatic heterocycles. The maximum atomic E-state index is 10.5. The molecule has 0 fully saturated rings. The van der Waals surface area contributed by atoms with E-state index in [1.807, 2.05) is 48.7 Å². The third kappa shape index (κ3) is 2.84. The molecule has 3 aromatic rings. The van der Waals surface area contributed by atoms with Crippen LogP contribution in [0.2, 0.25) is 0 Å². The molecule has 0 amide bonds. The Hall–Kier alpha value is -2.88. The predicted octanol–water partition coefficient (Wildman–Crippen LogP) is 3.94. The first-order valence-corrected chi connectivity index (χ1v) is 6.67. The van der Waals surface area contributed by atoms with Gasteiger partial charge >= 0.3 is 0 Å². The van der Waals surface area contributed by atoms with Crippen LogP contribution in [0.3, 0.4) is 0 Å². The molecule has 0 unspecified atom stereocenters. The monoisotopic (exact) mass is 278 g/mol. The van der Waals surface area contributed by atoms with E-state index in [1.165, 1.54) is 5.56 Å². The number of rotatable bonds is 4. The molecule has 0 bridgehead atoms. The normalized spacial score (nSPS) is 11.2. The van der Waals surface area contributed by atoms with Crippen LogP contribution in [0.4, 0.5) is 0 Å². The summed E-state index contributed by atoms with van der Waals surface area (Å²) >= 11 is 0. The van der Waals surface area contributed by atoms with Gasteiger partial charge in [-0.2, -0.15) is 0 Å². The number of hydrogen-bond donors (Lipinski definition) is 0. The summed E-state index contributed by atoms with van der Waals surface area (Å²) in [6.45, 7) is 0.744. The molecule has 1 heterocycles. The summed E-state index contributed by atoms with van der Waals surface area (Å²) in [7, 11) is 0. The summed E-state index contributed by atoms with van der Waals surface area (Å²) in [6.07, 6.45) is 4.48. The van der Waals surface area contributed by atoms with Gasteiger partial charge in [-0.25, -0.2) is 0 Å². The van der Waals surface area contributed by atoms with Crippen molar-refractivity contribution in [2.45, 2.75) is 6.54 Å². The Morgan fingerprint density at radius 2 is 1.76 bits per heavy atom. The Morgan fingerprint density at radius 1 is 1.05 bits per heavy atom. The lowest BCUT2D eigenvalue weighted by atomic mass is 10.2. The van der Waals surface area contributed by atoms with Gasteiger partial charge in [0.15, 0.2) is 0 Å². The van der Waals surface area contributed by atoms with Gasteiger partial charge in [0.1, 0.15) is 0 Å². The largest absolute Gasteiger partial charge is 0.342 e. The zero-order valence-electron chi connectivity index (χ0n) is 11.3. The molecule has 0 radical (unpaired) electrons. The second kappa shape index (κ2) is 5.63. The van der Waals surface area contributed by atoms with Crippen LogP contribution in [0.1, 0.15) is 11.1 Å². The Bertz CT molecular complexity index is 804. The number of nitrogens with zero attached hydrogens (tertiary/aromatic N) is 2. The van der Waals surface area contributed by atoms with Crippen LogP contribution in [0.15, 0.2) is 67.0 Å².